The Bertz CT molecular complexity index is 685. The van der Waals surface area contributed by atoms with Crippen molar-refractivity contribution >= 4 is 5.96 Å². The number of hydrogen-bond donors (Lipinski definition) is 2. The number of aliphatic imine (C=N–C) groups is 1. The lowest BCUT2D eigenvalue weighted by molar-refractivity contribution is 0.320. The van der Waals surface area contributed by atoms with Crippen molar-refractivity contribution in [1.29, 1.82) is 0 Å². The van der Waals surface area contributed by atoms with Crippen molar-refractivity contribution in [2.45, 2.75) is 33.2 Å². The van der Waals surface area contributed by atoms with Gasteiger partial charge in [0.1, 0.15) is 24.7 Å². The van der Waals surface area contributed by atoms with Crippen LogP contribution in [-0.4, -0.2) is 30.8 Å². The molecule has 0 aliphatic rings. The van der Waals surface area contributed by atoms with Gasteiger partial charge in [0.15, 0.2) is 11.7 Å². The topological polar surface area (TPSA) is 71.7 Å². The molecule has 7 heteroatoms. The second kappa shape index (κ2) is 9.66. The Morgan fingerprint density at radius 2 is 2.16 bits per heavy atom. The summed E-state index contributed by atoms with van der Waals surface area (Å²) < 4.78 is 23.8. The van der Waals surface area contributed by atoms with Crippen LogP contribution in [0.3, 0.4) is 0 Å². The van der Waals surface area contributed by atoms with Gasteiger partial charge in [0.05, 0.1) is 12.2 Å². The number of benzene rings is 1. The lowest BCUT2D eigenvalue weighted by Crippen LogP contribution is -2.39. The summed E-state index contributed by atoms with van der Waals surface area (Å²) in [5, 5.41) is 10.3. The molecule has 2 rings (SSSR count). The first kappa shape index (κ1) is 18.8. The van der Waals surface area contributed by atoms with Crippen LogP contribution in [-0.2, 0) is 6.54 Å². The number of rotatable bonds is 8. The molecule has 0 aliphatic carbocycles. The smallest absolute Gasteiger partial charge is 0.191 e. The van der Waals surface area contributed by atoms with Gasteiger partial charge in [0.25, 0.3) is 0 Å². The molecule has 2 aromatic rings. The summed E-state index contributed by atoms with van der Waals surface area (Å²) in [7, 11) is 0. The predicted octanol–water partition coefficient (Wildman–Crippen LogP) is 3.07. The number of nitrogens with zero attached hydrogens (tertiary/aromatic N) is 2. The molecule has 0 amide bonds. The summed E-state index contributed by atoms with van der Waals surface area (Å²) in [6.07, 6.45) is 0. The van der Waals surface area contributed by atoms with Gasteiger partial charge in [-0.3, -0.25) is 0 Å². The van der Waals surface area contributed by atoms with E-state index in [1.807, 2.05) is 13.0 Å². The fourth-order valence-corrected chi connectivity index (χ4v) is 2.07. The van der Waals surface area contributed by atoms with Crippen LogP contribution in [0.5, 0.6) is 5.75 Å². The number of aromatic nitrogens is 1. The molecule has 0 fully saturated rings. The Kier molecular flexibility index (Phi) is 7.25. The minimum atomic E-state index is -0.312. The summed E-state index contributed by atoms with van der Waals surface area (Å²) in [4.78, 5) is 4.46. The zero-order chi connectivity index (χ0) is 18.1. The molecule has 1 heterocycles. The van der Waals surface area contributed by atoms with Crippen molar-refractivity contribution in [3.05, 3.63) is 47.6 Å². The van der Waals surface area contributed by atoms with E-state index in [1.54, 1.807) is 12.1 Å². The first-order valence-electron chi connectivity index (χ1n) is 8.44. The molecule has 0 spiro atoms. The summed E-state index contributed by atoms with van der Waals surface area (Å²) >= 11 is 0. The Morgan fingerprint density at radius 3 is 2.84 bits per heavy atom. The minimum Gasteiger partial charge on any atom is -0.492 e. The highest BCUT2D eigenvalue weighted by Gasteiger charge is 2.07. The highest BCUT2D eigenvalue weighted by Crippen LogP contribution is 2.14. The number of nitrogens with one attached hydrogen (secondary N) is 2. The van der Waals surface area contributed by atoms with E-state index in [2.05, 4.69) is 34.6 Å². The molecule has 0 saturated heterocycles. The maximum absolute atomic E-state index is 13.1. The second-order valence-corrected chi connectivity index (χ2v) is 5.80. The number of guanidine groups is 1. The van der Waals surface area contributed by atoms with Gasteiger partial charge in [-0.25, -0.2) is 9.38 Å². The van der Waals surface area contributed by atoms with Crippen LogP contribution >= 0.6 is 0 Å². The SMILES string of the molecule is CCNC(=NCc1cc(C(C)C)no1)NCCOc1cccc(F)c1. The first-order chi connectivity index (χ1) is 12.1. The Balaban J connectivity index is 1.80. The van der Waals surface area contributed by atoms with Crippen molar-refractivity contribution in [1.82, 2.24) is 15.8 Å². The van der Waals surface area contributed by atoms with Gasteiger partial charge in [0.2, 0.25) is 0 Å². The Labute approximate surface area is 147 Å². The maximum Gasteiger partial charge on any atom is 0.191 e. The Hall–Kier alpha value is -2.57. The zero-order valence-corrected chi connectivity index (χ0v) is 14.9. The van der Waals surface area contributed by atoms with Crippen molar-refractivity contribution in [2.75, 3.05) is 19.7 Å². The average molecular weight is 348 g/mol. The van der Waals surface area contributed by atoms with Gasteiger partial charge in [-0.05, 0) is 25.0 Å². The highest BCUT2D eigenvalue weighted by molar-refractivity contribution is 5.79. The highest BCUT2D eigenvalue weighted by atomic mass is 19.1. The molecule has 2 N–H and O–H groups in total. The largest absolute Gasteiger partial charge is 0.492 e. The summed E-state index contributed by atoms with van der Waals surface area (Å²) in [5.74, 6) is 1.90. The molecule has 0 aliphatic heterocycles. The van der Waals surface area contributed by atoms with Crippen molar-refractivity contribution < 1.29 is 13.7 Å². The summed E-state index contributed by atoms with van der Waals surface area (Å²) in [6.45, 7) is 8.20. The number of hydrogen-bond acceptors (Lipinski definition) is 4. The molecule has 0 radical (unpaired) electrons. The molecule has 1 aromatic heterocycles. The van der Waals surface area contributed by atoms with Crippen LogP contribution in [0.15, 0.2) is 39.8 Å². The van der Waals surface area contributed by atoms with Gasteiger partial charge in [0, 0.05) is 18.7 Å². The molecule has 0 unspecified atom stereocenters. The third kappa shape index (κ3) is 6.45. The van der Waals surface area contributed by atoms with Crippen molar-refractivity contribution in [2.24, 2.45) is 4.99 Å². The van der Waals surface area contributed by atoms with Gasteiger partial charge >= 0.3 is 0 Å². The van der Waals surface area contributed by atoms with Crippen LogP contribution < -0.4 is 15.4 Å². The lowest BCUT2D eigenvalue weighted by Gasteiger charge is -2.11. The molecule has 0 atom stereocenters. The van der Waals surface area contributed by atoms with Crippen molar-refractivity contribution in [3.8, 4) is 5.75 Å². The van der Waals surface area contributed by atoms with Crippen LogP contribution in [0.25, 0.3) is 0 Å². The van der Waals surface area contributed by atoms with Crippen LogP contribution in [0, 0.1) is 5.82 Å². The van der Waals surface area contributed by atoms with Crippen molar-refractivity contribution in [3.63, 3.8) is 0 Å². The first-order valence-corrected chi connectivity index (χ1v) is 8.44. The zero-order valence-electron chi connectivity index (χ0n) is 14.9. The fraction of sp³-hybridized carbons (Fsp3) is 0.444. The van der Waals surface area contributed by atoms with Crippen LogP contribution in [0.2, 0.25) is 0 Å². The Morgan fingerprint density at radius 1 is 1.32 bits per heavy atom. The maximum atomic E-state index is 13.1. The monoisotopic (exact) mass is 348 g/mol. The minimum absolute atomic E-state index is 0.312. The van der Waals surface area contributed by atoms with Gasteiger partial charge in [-0.2, -0.15) is 0 Å². The molecular formula is C18H25FN4O2. The van der Waals surface area contributed by atoms with E-state index < -0.39 is 0 Å². The van der Waals surface area contributed by atoms with Gasteiger partial charge < -0.3 is 19.9 Å². The third-order valence-electron chi connectivity index (χ3n) is 3.37. The van der Waals surface area contributed by atoms with E-state index in [9.17, 15) is 4.39 Å². The molecular weight excluding hydrogens is 323 g/mol. The molecule has 6 nitrogen and oxygen atoms in total. The van der Waals surface area contributed by atoms with E-state index in [1.165, 1.54) is 12.1 Å². The molecule has 0 saturated carbocycles. The summed E-state index contributed by atoms with van der Waals surface area (Å²) in [6, 6.07) is 8.00. The van der Waals surface area contributed by atoms with Gasteiger partial charge in [-0.15, -0.1) is 0 Å². The second-order valence-electron chi connectivity index (χ2n) is 5.80. The predicted molar refractivity (Wildman–Crippen MR) is 95.3 cm³/mol. The number of halogens is 1. The fourth-order valence-electron chi connectivity index (χ4n) is 2.07. The molecule has 0 bridgehead atoms. The number of ether oxygens (including phenoxy) is 1. The van der Waals surface area contributed by atoms with Crippen LogP contribution in [0.4, 0.5) is 4.39 Å². The van der Waals surface area contributed by atoms with Gasteiger partial charge in [-0.1, -0.05) is 25.1 Å². The van der Waals surface area contributed by atoms with E-state index in [0.717, 1.165) is 18.0 Å². The quantitative estimate of drug-likeness (QED) is 0.436. The van der Waals surface area contributed by atoms with E-state index in [0.29, 0.717) is 37.3 Å². The standard InChI is InChI=1S/C18H25FN4O2/c1-4-20-18(22-12-16-11-17(13(2)3)23-25-16)21-8-9-24-15-7-5-6-14(19)10-15/h5-7,10-11,13H,4,8-9,12H2,1-3H3,(H2,20,21,22). The molecule has 25 heavy (non-hydrogen) atoms. The van der Waals surface area contributed by atoms with E-state index in [-0.39, 0.29) is 5.82 Å². The molecule has 1 aromatic carbocycles. The van der Waals surface area contributed by atoms with E-state index >= 15 is 0 Å². The van der Waals surface area contributed by atoms with Crippen LogP contribution in [0.1, 0.15) is 38.1 Å². The summed E-state index contributed by atoms with van der Waals surface area (Å²) in [5.41, 5.74) is 0.923. The normalized spacial score (nSPS) is 11.6. The average Bonchev–Trinajstić information content (AvgIpc) is 3.06. The third-order valence-corrected chi connectivity index (χ3v) is 3.37. The van der Waals surface area contributed by atoms with E-state index in [4.69, 9.17) is 9.26 Å². The lowest BCUT2D eigenvalue weighted by atomic mass is 10.1. The molecule has 136 valence electrons.